The first kappa shape index (κ1) is 13.1. The summed E-state index contributed by atoms with van der Waals surface area (Å²) in [4.78, 5) is 0. The lowest BCUT2D eigenvalue weighted by Gasteiger charge is -2.31. The third kappa shape index (κ3) is 3.12. The zero-order chi connectivity index (χ0) is 13.0. The van der Waals surface area contributed by atoms with Gasteiger partial charge in [0.1, 0.15) is 5.75 Å². The van der Waals surface area contributed by atoms with Crippen molar-refractivity contribution in [3.05, 3.63) is 42.0 Å². The maximum Gasteiger partial charge on any atom is 0.122 e. The van der Waals surface area contributed by atoms with Crippen molar-refractivity contribution in [3.8, 4) is 5.75 Å². The van der Waals surface area contributed by atoms with Crippen LogP contribution in [-0.4, -0.2) is 12.6 Å². The van der Waals surface area contributed by atoms with Gasteiger partial charge < -0.3 is 4.74 Å². The highest BCUT2D eigenvalue weighted by atomic mass is 16.5. The Hall–Kier alpha value is -1.32. The van der Waals surface area contributed by atoms with Crippen molar-refractivity contribution < 1.29 is 4.74 Å². The summed E-state index contributed by atoms with van der Waals surface area (Å²) < 4.78 is 5.81. The van der Waals surface area contributed by atoms with Gasteiger partial charge in [-0.25, -0.2) is 0 Å². The van der Waals surface area contributed by atoms with E-state index in [2.05, 4.69) is 31.1 Å². The van der Waals surface area contributed by atoms with E-state index < -0.39 is 0 Å². The van der Waals surface area contributed by atoms with E-state index in [4.69, 9.17) is 10.6 Å². The van der Waals surface area contributed by atoms with Gasteiger partial charge in [-0.05, 0) is 37.8 Å². The van der Waals surface area contributed by atoms with Crippen molar-refractivity contribution in [2.45, 2.75) is 32.2 Å². The highest BCUT2D eigenvalue weighted by Crippen LogP contribution is 2.29. The average molecular weight is 246 g/mol. The van der Waals surface area contributed by atoms with E-state index in [1.54, 1.807) is 0 Å². The first-order chi connectivity index (χ1) is 8.70. The van der Waals surface area contributed by atoms with E-state index in [-0.39, 0.29) is 6.04 Å². The van der Waals surface area contributed by atoms with Crippen LogP contribution >= 0.6 is 0 Å². The maximum absolute atomic E-state index is 5.81. The molecule has 1 aromatic carbocycles. The molecule has 3 N–H and O–H groups in total. The number of ether oxygens (including phenoxy) is 1. The lowest BCUT2D eigenvalue weighted by Crippen LogP contribution is -2.45. The van der Waals surface area contributed by atoms with Crippen LogP contribution in [0.2, 0.25) is 0 Å². The Balaban J connectivity index is 2.00. The molecule has 0 radical (unpaired) electrons. The minimum Gasteiger partial charge on any atom is -0.493 e. The zero-order valence-electron chi connectivity index (χ0n) is 11.0. The van der Waals surface area contributed by atoms with Gasteiger partial charge in [-0.3, -0.25) is 11.3 Å². The summed E-state index contributed by atoms with van der Waals surface area (Å²) in [7, 11) is 0. The summed E-state index contributed by atoms with van der Waals surface area (Å²) in [6.07, 6.45) is 3.05. The molecule has 0 spiro atoms. The number of rotatable bonds is 5. The summed E-state index contributed by atoms with van der Waals surface area (Å²) in [6.45, 7) is 6.74. The second-order valence-corrected chi connectivity index (χ2v) is 5.15. The van der Waals surface area contributed by atoms with Crippen LogP contribution < -0.4 is 16.0 Å². The predicted octanol–water partition coefficient (Wildman–Crippen LogP) is 2.43. The molecule has 1 aliphatic heterocycles. The highest BCUT2D eigenvalue weighted by molar-refractivity contribution is 5.35. The van der Waals surface area contributed by atoms with Crippen LogP contribution in [0.15, 0.2) is 36.4 Å². The summed E-state index contributed by atoms with van der Waals surface area (Å²) in [6, 6.07) is 8.52. The van der Waals surface area contributed by atoms with Crippen molar-refractivity contribution in [2.24, 2.45) is 11.8 Å². The second kappa shape index (κ2) is 6.03. The minimum absolute atomic E-state index is 0.287. The standard InChI is InChI=1S/C15H22N2O/c1-11(2)7-8-14(17-16)13-9-12-5-3-4-6-15(12)18-10-13/h3-6,13-14,17H,1,7-10,16H2,2H3. The third-order valence-corrected chi connectivity index (χ3v) is 3.57. The largest absolute Gasteiger partial charge is 0.493 e. The lowest BCUT2D eigenvalue weighted by atomic mass is 9.88. The van der Waals surface area contributed by atoms with Gasteiger partial charge in [-0.1, -0.05) is 23.8 Å². The molecule has 2 rings (SSSR count). The van der Waals surface area contributed by atoms with Gasteiger partial charge in [0.05, 0.1) is 6.61 Å². The third-order valence-electron chi connectivity index (χ3n) is 3.57. The molecular formula is C15H22N2O. The molecule has 0 aromatic heterocycles. The molecule has 0 saturated heterocycles. The quantitative estimate of drug-likeness (QED) is 0.476. The molecule has 1 aromatic rings. The number of fused-ring (bicyclic) bond motifs is 1. The van der Waals surface area contributed by atoms with Crippen LogP contribution in [0, 0.1) is 5.92 Å². The second-order valence-electron chi connectivity index (χ2n) is 5.15. The van der Waals surface area contributed by atoms with Crippen molar-refractivity contribution in [3.63, 3.8) is 0 Å². The molecule has 3 nitrogen and oxygen atoms in total. The number of hydrogen-bond acceptors (Lipinski definition) is 3. The Morgan fingerprint density at radius 3 is 3.06 bits per heavy atom. The van der Waals surface area contributed by atoms with Gasteiger partial charge >= 0.3 is 0 Å². The van der Waals surface area contributed by atoms with E-state index >= 15 is 0 Å². The van der Waals surface area contributed by atoms with Gasteiger partial charge in [0, 0.05) is 12.0 Å². The summed E-state index contributed by atoms with van der Waals surface area (Å²) in [5.41, 5.74) is 5.42. The topological polar surface area (TPSA) is 47.3 Å². The van der Waals surface area contributed by atoms with Crippen LogP contribution in [0.5, 0.6) is 5.75 Å². The van der Waals surface area contributed by atoms with Crippen LogP contribution in [0.3, 0.4) is 0 Å². The number of nitrogens with one attached hydrogen (secondary N) is 1. The zero-order valence-corrected chi connectivity index (χ0v) is 11.0. The molecule has 0 amide bonds. The van der Waals surface area contributed by atoms with Crippen molar-refractivity contribution in [1.29, 1.82) is 0 Å². The molecule has 18 heavy (non-hydrogen) atoms. The molecule has 0 aliphatic carbocycles. The summed E-state index contributed by atoms with van der Waals surface area (Å²) in [5.74, 6) is 7.13. The fraction of sp³-hybridized carbons (Fsp3) is 0.467. The molecule has 98 valence electrons. The van der Waals surface area contributed by atoms with E-state index in [9.17, 15) is 0 Å². The van der Waals surface area contributed by atoms with Crippen LogP contribution in [0.4, 0.5) is 0 Å². The SMILES string of the molecule is C=C(C)CCC(NN)C1COc2ccccc2C1. The average Bonchev–Trinajstić information content (AvgIpc) is 2.39. The van der Waals surface area contributed by atoms with Crippen LogP contribution in [0.25, 0.3) is 0 Å². The molecule has 2 unspecified atom stereocenters. The van der Waals surface area contributed by atoms with E-state index in [1.807, 2.05) is 12.1 Å². The molecule has 1 aliphatic rings. The maximum atomic E-state index is 5.81. The number of nitrogens with two attached hydrogens (primary N) is 1. The van der Waals surface area contributed by atoms with Crippen LogP contribution in [0.1, 0.15) is 25.3 Å². The van der Waals surface area contributed by atoms with Crippen LogP contribution in [-0.2, 0) is 6.42 Å². The predicted molar refractivity (Wildman–Crippen MR) is 74.3 cm³/mol. The Labute approximate surface area is 109 Å². The molecular weight excluding hydrogens is 224 g/mol. The van der Waals surface area contributed by atoms with E-state index in [1.165, 1.54) is 11.1 Å². The summed E-state index contributed by atoms with van der Waals surface area (Å²) >= 11 is 0. The normalized spacial score (nSPS) is 19.8. The van der Waals surface area contributed by atoms with E-state index in [0.717, 1.165) is 31.6 Å². The molecule has 2 atom stereocenters. The molecule has 0 saturated carbocycles. The number of para-hydroxylation sites is 1. The molecule has 0 bridgehead atoms. The first-order valence-corrected chi connectivity index (χ1v) is 6.52. The number of benzene rings is 1. The lowest BCUT2D eigenvalue weighted by molar-refractivity contribution is 0.179. The number of allylic oxidation sites excluding steroid dienone is 1. The Bertz CT molecular complexity index is 417. The molecule has 3 heteroatoms. The Kier molecular flexibility index (Phi) is 4.39. The number of hydrazine groups is 1. The Morgan fingerprint density at radius 2 is 2.33 bits per heavy atom. The number of hydrogen-bond donors (Lipinski definition) is 2. The van der Waals surface area contributed by atoms with Crippen molar-refractivity contribution in [1.82, 2.24) is 5.43 Å². The van der Waals surface area contributed by atoms with Crippen molar-refractivity contribution >= 4 is 0 Å². The Morgan fingerprint density at radius 1 is 1.56 bits per heavy atom. The fourth-order valence-electron chi connectivity index (χ4n) is 2.47. The molecule has 0 fully saturated rings. The smallest absolute Gasteiger partial charge is 0.122 e. The first-order valence-electron chi connectivity index (χ1n) is 6.52. The fourth-order valence-corrected chi connectivity index (χ4v) is 2.47. The monoisotopic (exact) mass is 246 g/mol. The van der Waals surface area contributed by atoms with Gasteiger partial charge in [0.2, 0.25) is 0 Å². The van der Waals surface area contributed by atoms with Gasteiger partial charge in [0.15, 0.2) is 0 Å². The highest BCUT2D eigenvalue weighted by Gasteiger charge is 2.26. The minimum atomic E-state index is 0.287. The van der Waals surface area contributed by atoms with Gasteiger partial charge in [0.25, 0.3) is 0 Å². The molecule has 1 heterocycles. The van der Waals surface area contributed by atoms with E-state index in [0.29, 0.717) is 5.92 Å². The van der Waals surface area contributed by atoms with Gasteiger partial charge in [-0.2, -0.15) is 0 Å². The van der Waals surface area contributed by atoms with Crippen molar-refractivity contribution in [2.75, 3.05) is 6.61 Å². The summed E-state index contributed by atoms with van der Waals surface area (Å²) in [5, 5.41) is 0. The van der Waals surface area contributed by atoms with Gasteiger partial charge in [-0.15, -0.1) is 6.58 Å².